The topological polar surface area (TPSA) is 63.3 Å². The minimum Gasteiger partial charge on any atom is -0.468 e. The van der Waals surface area contributed by atoms with Gasteiger partial charge in [0.05, 0.1) is 24.1 Å². The van der Waals surface area contributed by atoms with E-state index in [9.17, 15) is 4.79 Å². The van der Waals surface area contributed by atoms with Crippen molar-refractivity contribution in [2.45, 2.75) is 25.3 Å². The van der Waals surface area contributed by atoms with E-state index in [4.69, 9.17) is 4.42 Å². The van der Waals surface area contributed by atoms with Crippen molar-refractivity contribution in [2.75, 3.05) is 19.6 Å². The van der Waals surface area contributed by atoms with Crippen LogP contribution in [0.2, 0.25) is 0 Å². The lowest BCUT2D eigenvalue weighted by Gasteiger charge is -2.33. The summed E-state index contributed by atoms with van der Waals surface area (Å²) >= 11 is 0. The number of aryl methyl sites for hydroxylation is 1. The molecular formula is C16H22N4O2. The van der Waals surface area contributed by atoms with Gasteiger partial charge in [0.15, 0.2) is 0 Å². The quantitative estimate of drug-likeness (QED) is 0.917. The smallest absolute Gasteiger partial charge is 0.254 e. The van der Waals surface area contributed by atoms with Crippen molar-refractivity contribution in [1.82, 2.24) is 20.0 Å². The number of nitrogens with one attached hydrogen (secondary N) is 1. The lowest BCUT2D eigenvalue weighted by Crippen LogP contribution is -2.40. The van der Waals surface area contributed by atoms with Crippen LogP contribution >= 0.6 is 0 Å². The number of amides is 1. The van der Waals surface area contributed by atoms with Crippen LogP contribution in [0.5, 0.6) is 0 Å². The van der Waals surface area contributed by atoms with Gasteiger partial charge in [0, 0.05) is 19.8 Å². The molecular weight excluding hydrogens is 280 g/mol. The first-order valence-corrected chi connectivity index (χ1v) is 7.78. The summed E-state index contributed by atoms with van der Waals surface area (Å²) < 4.78 is 7.21. The summed E-state index contributed by atoms with van der Waals surface area (Å²) in [7, 11) is 1.80. The van der Waals surface area contributed by atoms with Gasteiger partial charge in [-0.15, -0.1) is 0 Å². The molecule has 22 heavy (non-hydrogen) atoms. The number of hydrogen-bond acceptors (Lipinski definition) is 4. The fraction of sp³-hybridized carbons (Fsp3) is 0.500. The minimum absolute atomic E-state index is 0.0934. The van der Waals surface area contributed by atoms with Crippen LogP contribution < -0.4 is 5.32 Å². The van der Waals surface area contributed by atoms with Crippen molar-refractivity contribution in [3.05, 3.63) is 42.1 Å². The summed E-state index contributed by atoms with van der Waals surface area (Å²) in [5.74, 6) is 0.815. The number of carbonyl (C=O) groups is 1. The molecule has 1 N–H and O–H groups in total. The van der Waals surface area contributed by atoms with E-state index in [0.717, 1.165) is 18.8 Å². The van der Waals surface area contributed by atoms with E-state index in [1.54, 1.807) is 30.4 Å². The monoisotopic (exact) mass is 302 g/mol. The van der Waals surface area contributed by atoms with Crippen molar-refractivity contribution in [1.29, 1.82) is 0 Å². The maximum absolute atomic E-state index is 12.2. The van der Waals surface area contributed by atoms with Gasteiger partial charge in [-0.3, -0.25) is 14.4 Å². The Morgan fingerprint density at radius 3 is 2.86 bits per heavy atom. The minimum atomic E-state index is -0.0957. The van der Waals surface area contributed by atoms with Crippen molar-refractivity contribution in [2.24, 2.45) is 7.05 Å². The van der Waals surface area contributed by atoms with E-state index >= 15 is 0 Å². The Kier molecular flexibility index (Phi) is 4.58. The SMILES string of the molecule is Cn1cc(C(=O)NCC(c2ccco2)N2CCCCC2)cn1. The van der Waals surface area contributed by atoms with Gasteiger partial charge in [0.2, 0.25) is 0 Å². The van der Waals surface area contributed by atoms with Crippen LogP contribution in [0.4, 0.5) is 0 Å². The number of nitrogens with zero attached hydrogens (tertiary/aromatic N) is 3. The highest BCUT2D eigenvalue weighted by Crippen LogP contribution is 2.24. The van der Waals surface area contributed by atoms with E-state index in [1.807, 2.05) is 12.1 Å². The number of likely N-dealkylation sites (tertiary alicyclic amines) is 1. The molecule has 2 aromatic rings. The molecule has 1 atom stereocenters. The number of piperidine rings is 1. The Morgan fingerprint density at radius 1 is 1.41 bits per heavy atom. The highest BCUT2D eigenvalue weighted by Gasteiger charge is 2.25. The summed E-state index contributed by atoms with van der Waals surface area (Å²) in [6, 6.07) is 3.97. The fourth-order valence-electron chi connectivity index (χ4n) is 2.95. The van der Waals surface area contributed by atoms with Crippen LogP contribution in [0.15, 0.2) is 35.2 Å². The molecule has 1 aliphatic heterocycles. The number of hydrogen-bond donors (Lipinski definition) is 1. The average molecular weight is 302 g/mol. The van der Waals surface area contributed by atoms with Crippen molar-refractivity contribution in [3.63, 3.8) is 0 Å². The molecule has 6 nitrogen and oxygen atoms in total. The molecule has 1 fully saturated rings. The molecule has 0 radical (unpaired) electrons. The van der Waals surface area contributed by atoms with Gasteiger partial charge >= 0.3 is 0 Å². The zero-order valence-corrected chi connectivity index (χ0v) is 12.9. The summed E-state index contributed by atoms with van der Waals surface area (Å²) in [6.45, 7) is 2.64. The Labute approximate surface area is 130 Å². The predicted octanol–water partition coefficient (Wildman–Crippen LogP) is 1.97. The second-order valence-corrected chi connectivity index (χ2v) is 5.74. The highest BCUT2D eigenvalue weighted by atomic mass is 16.3. The number of rotatable bonds is 5. The number of aromatic nitrogens is 2. The van der Waals surface area contributed by atoms with Gasteiger partial charge in [0.1, 0.15) is 5.76 Å². The van der Waals surface area contributed by atoms with E-state index in [2.05, 4.69) is 15.3 Å². The molecule has 1 aliphatic rings. The predicted molar refractivity (Wildman–Crippen MR) is 82.4 cm³/mol. The number of furan rings is 1. The van der Waals surface area contributed by atoms with Gasteiger partial charge in [-0.1, -0.05) is 6.42 Å². The van der Waals surface area contributed by atoms with Crippen LogP contribution in [0, 0.1) is 0 Å². The van der Waals surface area contributed by atoms with Gasteiger partial charge in [-0.05, 0) is 38.1 Å². The molecule has 0 spiro atoms. The Bertz CT molecular complexity index is 599. The standard InChI is InChI=1S/C16H22N4O2/c1-19-12-13(10-18-19)16(21)17-11-14(15-6-5-9-22-15)20-7-3-2-4-8-20/h5-6,9-10,12,14H,2-4,7-8,11H2,1H3,(H,17,21). The van der Waals surface area contributed by atoms with E-state index in [0.29, 0.717) is 12.1 Å². The molecule has 0 aromatic carbocycles. The molecule has 118 valence electrons. The summed E-state index contributed by atoms with van der Waals surface area (Å²) in [5.41, 5.74) is 0.583. The molecule has 2 aromatic heterocycles. The zero-order valence-electron chi connectivity index (χ0n) is 12.9. The maximum Gasteiger partial charge on any atom is 0.254 e. The third-order valence-electron chi connectivity index (χ3n) is 4.13. The molecule has 1 unspecified atom stereocenters. The maximum atomic E-state index is 12.2. The Hall–Kier alpha value is -2.08. The molecule has 1 saturated heterocycles. The van der Waals surface area contributed by atoms with Gasteiger partial charge < -0.3 is 9.73 Å². The number of carbonyl (C=O) groups excluding carboxylic acids is 1. The van der Waals surface area contributed by atoms with Crippen LogP contribution in [-0.2, 0) is 7.05 Å². The molecule has 6 heteroatoms. The molecule has 0 aliphatic carbocycles. The van der Waals surface area contributed by atoms with E-state index in [-0.39, 0.29) is 11.9 Å². The molecule has 0 saturated carbocycles. The van der Waals surface area contributed by atoms with Gasteiger partial charge in [-0.25, -0.2) is 0 Å². The normalized spacial score (nSPS) is 17.3. The molecule has 0 bridgehead atoms. The van der Waals surface area contributed by atoms with Gasteiger partial charge in [0.25, 0.3) is 5.91 Å². The highest BCUT2D eigenvalue weighted by molar-refractivity contribution is 5.93. The fourth-order valence-corrected chi connectivity index (χ4v) is 2.95. The third-order valence-corrected chi connectivity index (χ3v) is 4.13. The van der Waals surface area contributed by atoms with Crippen molar-refractivity contribution in [3.8, 4) is 0 Å². The van der Waals surface area contributed by atoms with Crippen molar-refractivity contribution < 1.29 is 9.21 Å². The first kappa shape index (κ1) is 14.8. The summed E-state index contributed by atoms with van der Waals surface area (Å²) in [6.07, 6.45) is 8.68. The second kappa shape index (κ2) is 6.79. The first-order valence-electron chi connectivity index (χ1n) is 7.78. The van der Waals surface area contributed by atoms with Crippen LogP contribution in [0.1, 0.15) is 41.4 Å². The molecule has 1 amide bonds. The first-order chi connectivity index (χ1) is 10.7. The zero-order chi connectivity index (χ0) is 15.4. The molecule has 3 rings (SSSR count). The van der Waals surface area contributed by atoms with Gasteiger partial charge in [-0.2, -0.15) is 5.10 Å². The summed E-state index contributed by atoms with van der Waals surface area (Å²) in [4.78, 5) is 14.6. The largest absolute Gasteiger partial charge is 0.468 e. The van der Waals surface area contributed by atoms with E-state index in [1.165, 1.54) is 19.3 Å². The Morgan fingerprint density at radius 2 is 2.23 bits per heavy atom. The van der Waals surface area contributed by atoms with Crippen LogP contribution in [-0.4, -0.2) is 40.2 Å². The Balaban J connectivity index is 1.66. The second-order valence-electron chi connectivity index (χ2n) is 5.74. The van der Waals surface area contributed by atoms with Crippen LogP contribution in [0.3, 0.4) is 0 Å². The van der Waals surface area contributed by atoms with Crippen LogP contribution in [0.25, 0.3) is 0 Å². The van der Waals surface area contributed by atoms with E-state index < -0.39 is 0 Å². The average Bonchev–Trinajstić information content (AvgIpc) is 3.20. The van der Waals surface area contributed by atoms with Crippen molar-refractivity contribution >= 4 is 5.91 Å². The third kappa shape index (κ3) is 3.39. The molecule has 3 heterocycles. The lowest BCUT2D eigenvalue weighted by atomic mass is 10.1. The summed E-state index contributed by atoms with van der Waals surface area (Å²) in [5, 5.41) is 7.04. The lowest BCUT2D eigenvalue weighted by molar-refractivity contribution is 0.0914.